The first-order valence-corrected chi connectivity index (χ1v) is 8.19. The molecule has 0 saturated heterocycles. The molecule has 0 bridgehead atoms. The number of methoxy groups -OCH3 is 2. The van der Waals surface area contributed by atoms with Crippen LogP contribution in [0.4, 0.5) is 5.69 Å². The summed E-state index contributed by atoms with van der Waals surface area (Å²) in [7, 11) is 3.08. The molecule has 2 aromatic rings. The third-order valence-electron chi connectivity index (χ3n) is 3.82. The lowest BCUT2D eigenvalue weighted by Crippen LogP contribution is -2.31. The van der Waals surface area contributed by atoms with Crippen LogP contribution in [0, 0.1) is 0 Å². The van der Waals surface area contributed by atoms with Crippen LogP contribution in [-0.2, 0) is 16.1 Å². The molecule has 1 heterocycles. The van der Waals surface area contributed by atoms with Gasteiger partial charge in [-0.1, -0.05) is 6.07 Å². The van der Waals surface area contributed by atoms with Crippen molar-refractivity contribution in [2.24, 2.45) is 0 Å². The van der Waals surface area contributed by atoms with Crippen molar-refractivity contribution in [1.29, 1.82) is 0 Å². The molecule has 0 unspecified atom stereocenters. The lowest BCUT2D eigenvalue weighted by Gasteiger charge is -2.20. The van der Waals surface area contributed by atoms with Gasteiger partial charge in [-0.05, 0) is 23.8 Å². The number of nitrogens with one attached hydrogen (secondary N) is 1. The largest absolute Gasteiger partial charge is 0.493 e. The topological polar surface area (TPSA) is 80.8 Å². The van der Waals surface area contributed by atoms with E-state index >= 15 is 0 Å². The van der Waals surface area contributed by atoms with Crippen molar-refractivity contribution < 1.29 is 19.1 Å². The zero-order valence-corrected chi connectivity index (χ0v) is 15.2. The number of pyridine rings is 1. The minimum Gasteiger partial charge on any atom is -0.493 e. The van der Waals surface area contributed by atoms with E-state index in [1.165, 1.54) is 14.0 Å². The van der Waals surface area contributed by atoms with E-state index in [0.29, 0.717) is 30.3 Å². The van der Waals surface area contributed by atoms with E-state index < -0.39 is 0 Å². The molecular weight excluding hydrogens is 334 g/mol. The molecule has 2 amide bonds. The van der Waals surface area contributed by atoms with Crippen molar-refractivity contribution in [1.82, 2.24) is 9.88 Å². The third-order valence-corrected chi connectivity index (χ3v) is 3.82. The second kappa shape index (κ2) is 9.41. The van der Waals surface area contributed by atoms with E-state index in [1.54, 1.807) is 42.6 Å². The SMILES string of the molecule is COc1ccc(NC(=O)CCN(Cc2cccnc2)C(C)=O)cc1OC. The predicted octanol–water partition coefficient (Wildman–Crippen LogP) is 2.48. The quantitative estimate of drug-likeness (QED) is 0.785. The summed E-state index contributed by atoms with van der Waals surface area (Å²) in [5, 5.41) is 2.80. The van der Waals surface area contributed by atoms with Crippen molar-refractivity contribution in [2.45, 2.75) is 19.9 Å². The zero-order chi connectivity index (χ0) is 18.9. The Morgan fingerprint density at radius 1 is 1.15 bits per heavy atom. The first-order chi connectivity index (χ1) is 12.5. The van der Waals surface area contributed by atoms with Crippen LogP contribution in [0.5, 0.6) is 11.5 Å². The van der Waals surface area contributed by atoms with Crippen molar-refractivity contribution in [3.05, 3.63) is 48.3 Å². The monoisotopic (exact) mass is 357 g/mol. The highest BCUT2D eigenvalue weighted by molar-refractivity contribution is 5.91. The fourth-order valence-corrected chi connectivity index (χ4v) is 2.43. The Labute approximate surface area is 152 Å². The van der Waals surface area contributed by atoms with Gasteiger partial charge in [0.1, 0.15) is 0 Å². The molecule has 1 aromatic carbocycles. The van der Waals surface area contributed by atoms with E-state index in [0.717, 1.165) is 5.56 Å². The molecule has 7 heteroatoms. The lowest BCUT2D eigenvalue weighted by atomic mass is 10.2. The van der Waals surface area contributed by atoms with Crippen molar-refractivity contribution in [2.75, 3.05) is 26.1 Å². The maximum atomic E-state index is 12.2. The highest BCUT2D eigenvalue weighted by Gasteiger charge is 2.13. The number of nitrogens with zero attached hydrogens (tertiary/aromatic N) is 2. The summed E-state index contributed by atoms with van der Waals surface area (Å²) in [6.07, 6.45) is 3.58. The molecule has 1 aromatic heterocycles. The lowest BCUT2D eigenvalue weighted by molar-refractivity contribution is -0.129. The van der Waals surface area contributed by atoms with Crippen LogP contribution in [0.2, 0.25) is 0 Å². The number of benzene rings is 1. The van der Waals surface area contributed by atoms with Crippen LogP contribution in [0.1, 0.15) is 18.9 Å². The zero-order valence-electron chi connectivity index (χ0n) is 15.2. The predicted molar refractivity (Wildman–Crippen MR) is 98.1 cm³/mol. The van der Waals surface area contributed by atoms with E-state index in [1.807, 2.05) is 12.1 Å². The van der Waals surface area contributed by atoms with Crippen LogP contribution >= 0.6 is 0 Å². The first-order valence-electron chi connectivity index (χ1n) is 8.19. The van der Waals surface area contributed by atoms with Gasteiger partial charge in [0.2, 0.25) is 11.8 Å². The second-order valence-corrected chi connectivity index (χ2v) is 5.67. The third kappa shape index (κ3) is 5.47. The summed E-state index contributed by atoms with van der Waals surface area (Å²) >= 11 is 0. The molecule has 0 aliphatic rings. The minimum atomic E-state index is -0.186. The van der Waals surface area contributed by atoms with Gasteiger partial charge in [-0.15, -0.1) is 0 Å². The molecular formula is C19H23N3O4. The van der Waals surface area contributed by atoms with E-state index in [2.05, 4.69) is 10.3 Å². The maximum Gasteiger partial charge on any atom is 0.226 e. The van der Waals surface area contributed by atoms with Gasteiger partial charge >= 0.3 is 0 Å². The molecule has 0 atom stereocenters. The maximum absolute atomic E-state index is 12.2. The highest BCUT2D eigenvalue weighted by atomic mass is 16.5. The van der Waals surface area contributed by atoms with E-state index in [-0.39, 0.29) is 18.2 Å². The van der Waals surface area contributed by atoms with Gasteiger partial charge in [-0.3, -0.25) is 14.6 Å². The van der Waals surface area contributed by atoms with Crippen molar-refractivity contribution in [3.63, 3.8) is 0 Å². The number of aromatic nitrogens is 1. The summed E-state index contributed by atoms with van der Waals surface area (Å²) < 4.78 is 10.4. The molecule has 1 N–H and O–H groups in total. The number of hydrogen-bond donors (Lipinski definition) is 1. The Bertz CT molecular complexity index is 750. The van der Waals surface area contributed by atoms with Gasteiger partial charge in [0.25, 0.3) is 0 Å². The standard InChI is InChI=1S/C19H23N3O4/c1-14(23)22(13-15-5-4-9-20-12-15)10-8-19(24)21-16-6-7-17(25-2)18(11-16)26-3/h4-7,9,11-12H,8,10,13H2,1-3H3,(H,21,24). The molecule has 0 aliphatic heterocycles. The number of carbonyl (C=O) groups is 2. The Morgan fingerprint density at radius 3 is 2.54 bits per heavy atom. The number of amides is 2. The highest BCUT2D eigenvalue weighted by Crippen LogP contribution is 2.29. The normalized spacial score (nSPS) is 10.1. The number of carbonyl (C=O) groups excluding carboxylic acids is 2. The van der Waals surface area contributed by atoms with Crippen LogP contribution in [0.25, 0.3) is 0 Å². The molecule has 138 valence electrons. The molecule has 0 fully saturated rings. The molecule has 0 saturated carbocycles. The van der Waals surface area contributed by atoms with E-state index in [9.17, 15) is 9.59 Å². The van der Waals surface area contributed by atoms with Gasteiger partial charge in [-0.2, -0.15) is 0 Å². The van der Waals surface area contributed by atoms with Gasteiger partial charge < -0.3 is 19.7 Å². The smallest absolute Gasteiger partial charge is 0.226 e. The number of rotatable bonds is 8. The Balaban J connectivity index is 1.93. The summed E-state index contributed by atoms with van der Waals surface area (Å²) in [4.78, 5) is 29.7. The van der Waals surface area contributed by atoms with Crippen molar-refractivity contribution >= 4 is 17.5 Å². The molecule has 0 aliphatic carbocycles. The molecule has 2 rings (SSSR count). The van der Waals surface area contributed by atoms with Crippen LogP contribution in [0.3, 0.4) is 0 Å². The van der Waals surface area contributed by atoms with Gasteiger partial charge in [0, 0.05) is 50.6 Å². The van der Waals surface area contributed by atoms with Crippen LogP contribution < -0.4 is 14.8 Å². The molecule has 7 nitrogen and oxygen atoms in total. The number of anilines is 1. The summed E-state index contributed by atoms with van der Waals surface area (Å²) in [6.45, 7) is 2.23. The molecule has 0 spiro atoms. The number of hydrogen-bond acceptors (Lipinski definition) is 5. The van der Waals surface area contributed by atoms with Crippen LogP contribution in [-0.4, -0.2) is 42.5 Å². The Hall–Kier alpha value is -3.09. The Kier molecular flexibility index (Phi) is 6.96. The second-order valence-electron chi connectivity index (χ2n) is 5.67. The molecule has 0 radical (unpaired) electrons. The first kappa shape index (κ1) is 19.2. The summed E-state index contributed by atoms with van der Waals surface area (Å²) in [5.41, 5.74) is 1.53. The average molecular weight is 357 g/mol. The van der Waals surface area contributed by atoms with Gasteiger partial charge in [0.15, 0.2) is 11.5 Å². The fraction of sp³-hybridized carbons (Fsp3) is 0.316. The molecule has 26 heavy (non-hydrogen) atoms. The van der Waals surface area contributed by atoms with Gasteiger partial charge in [-0.25, -0.2) is 0 Å². The van der Waals surface area contributed by atoms with Crippen molar-refractivity contribution in [3.8, 4) is 11.5 Å². The number of ether oxygens (including phenoxy) is 2. The van der Waals surface area contributed by atoms with E-state index in [4.69, 9.17) is 9.47 Å². The van der Waals surface area contributed by atoms with Crippen LogP contribution in [0.15, 0.2) is 42.7 Å². The summed E-state index contributed by atoms with van der Waals surface area (Å²) in [5.74, 6) is 0.847. The minimum absolute atomic E-state index is 0.0900. The van der Waals surface area contributed by atoms with Gasteiger partial charge in [0.05, 0.1) is 14.2 Å². The Morgan fingerprint density at radius 2 is 1.92 bits per heavy atom. The average Bonchev–Trinajstić information content (AvgIpc) is 2.65. The summed E-state index contributed by atoms with van der Waals surface area (Å²) in [6, 6.07) is 8.86. The fourth-order valence-electron chi connectivity index (χ4n) is 2.43.